The van der Waals surface area contributed by atoms with Gasteiger partial charge in [0.15, 0.2) is 0 Å². The summed E-state index contributed by atoms with van der Waals surface area (Å²) < 4.78 is 0. The molecular weight excluding hydrogens is 212 g/mol. The Morgan fingerprint density at radius 1 is 1.29 bits per heavy atom. The molecule has 0 aromatic rings. The number of rotatable bonds is 4. The lowest BCUT2D eigenvalue weighted by molar-refractivity contribution is -0.137. The molecule has 0 aromatic heterocycles. The zero-order chi connectivity index (χ0) is 12.3. The second-order valence-corrected chi connectivity index (χ2v) is 6.01. The van der Waals surface area contributed by atoms with E-state index in [4.69, 9.17) is 0 Å². The summed E-state index contributed by atoms with van der Waals surface area (Å²) in [4.78, 5) is 14.8. The van der Waals surface area contributed by atoms with Gasteiger partial charge in [0.2, 0.25) is 5.91 Å². The maximum absolute atomic E-state index is 12.6. The Labute approximate surface area is 105 Å². The number of hydrogen-bond acceptors (Lipinski definition) is 2. The molecular formula is C14H26N2O. The summed E-state index contributed by atoms with van der Waals surface area (Å²) in [5, 5.41) is 3.30. The number of nitrogens with one attached hydrogen (secondary N) is 1. The van der Waals surface area contributed by atoms with Crippen molar-refractivity contribution in [3.63, 3.8) is 0 Å². The predicted molar refractivity (Wildman–Crippen MR) is 69.8 cm³/mol. The first kappa shape index (κ1) is 12.9. The molecule has 1 heterocycles. The highest BCUT2D eigenvalue weighted by molar-refractivity contribution is 5.79. The molecule has 1 amide bonds. The molecule has 1 unspecified atom stereocenters. The second-order valence-electron chi connectivity index (χ2n) is 6.01. The molecule has 0 radical (unpaired) electrons. The lowest BCUT2D eigenvalue weighted by Gasteiger charge is -2.32. The highest BCUT2D eigenvalue weighted by atomic mass is 16.2. The summed E-state index contributed by atoms with van der Waals surface area (Å²) in [6.45, 7) is 7.26. The van der Waals surface area contributed by atoms with Crippen molar-refractivity contribution in [1.82, 2.24) is 10.2 Å². The Kier molecular flexibility index (Phi) is 4.43. The molecule has 1 N–H and O–H groups in total. The molecule has 0 aromatic carbocycles. The molecule has 2 fully saturated rings. The van der Waals surface area contributed by atoms with E-state index in [1.165, 1.54) is 25.7 Å². The van der Waals surface area contributed by atoms with E-state index in [1.807, 2.05) is 0 Å². The largest absolute Gasteiger partial charge is 0.339 e. The van der Waals surface area contributed by atoms with Crippen LogP contribution in [0.15, 0.2) is 0 Å². The first-order valence-corrected chi connectivity index (χ1v) is 7.19. The fourth-order valence-electron chi connectivity index (χ4n) is 3.13. The van der Waals surface area contributed by atoms with Gasteiger partial charge in [0.05, 0.1) is 5.92 Å². The molecule has 1 saturated heterocycles. The van der Waals surface area contributed by atoms with Gasteiger partial charge in [0.25, 0.3) is 0 Å². The average Bonchev–Trinajstić information content (AvgIpc) is 2.96. The lowest BCUT2D eigenvalue weighted by Crippen LogP contribution is -2.44. The van der Waals surface area contributed by atoms with E-state index in [-0.39, 0.29) is 5.92 Å². The Bertz CT molecular complexity index is 253. The topological polar surface area (TPSA) is 32.3 Å². The van der Waals surface area contributed by atoms with Gasteiger partial charge in [-0.05, 0) is 31.7 Å². The van der Waals surface area contributed by atoms with E-state index in [0.29, 0.717) is 17.9 Å². The van der Waals surface area contributed by atoms with Crippen LogP contribution in [0.1, 0.15) is 46.0 Å². The number of nitrogens with zero attached hydrogens (tertiary/aromatic N) is 1. The Hall–Kier alpha value is -0.570. The fraction of sp³-hybridized carbons (Fsp3) is 0.929. The Morgan fingerprint density at radius 3 is 2.53 bits per heavy atom. The predicted octanol–water partition coefficient (Wildman–Crippen LogP) is 2.02. The van der Waals surface area contributed by atoms with E-state index in [1.54, 1.807) is 0 Å². The van der Waals surface area contributed by atoms with Gasteiger partial charge in [0, 0.05) is 19.1 Å². The molecule has 98 valence electrons. The second kappa shape index (κ2) is 5.85. The van der Waals surface area contributed by atoms with Crippen LogP contribution in [0.3, 0.4) is 0 Å². The molecule has 3 nitrogen and oxygen atoms in total. The SMILES string of the molecule is CC(C)CN(C(=O)C1CCNC1)C1CCCC1. The van der Waals surface area contributed by atoms with Crippen molar-refractivity contribution >= 4 is 5.91 Å². The Morgan fingerprint density at radius 2 is 2.00 bits per heavy atom. The van der Waals surface area contributed by atoms with Crippen LogP contribution in [0.5, 0.6) is 0 Å². The van der Waals surface area contributed by atoms with Gasteiger partial charge in [-0.1, -0.05) is 26.7 Å². The summed E-state index contributed by atoms with van der Waals surface area (Å²) in [6, 6.07) is 0.533. The molecule has 2 aliphatic rings. The maximum Gasteiger partial charge on any atom is 0.227 e. The third-order valence-corrected chi connectivity index (χ3v) is 4.02. The van der Waals surface area contributed by atoms with Crippen molar-refractivity contribution in [2.45, 2.75) is 52.0 Å². The molecule has 0 bridgehead atoms. The van der Waals surface area contributed by atoms with Gasteiger partial charge in [-0.2, -0.15) is 0 Å². The first-order chi connectivity index (χ1) is 8.18. The fourth-order valence-corrected chi connectivity index (χ4v) is 3.13. The van der Waals surface area contributed by atoms with Crippen molar-refractivity contribution in [1.29, 1.82) is 0 Å². The van der Waals surface area contributed by atoms with Gasteiger partial charge >= 0.3 is 0 Å². The van der Waals surface area contributed by atoms with Gasteiger partial charge in [-0.15, -0.1) is 0 Å². The van der Waals surface area contributed by atoms with E-state index in [9.17, 15) is 4.79 Å². The van der Waals surface area contributed by atoms with Crippen LogP contribution in [-0.2, 0) is 4.79 Å². The minimum Gasteiger partial charge on any atom is -0.339 e. The summed E-state index contributed by atoms with van der Waals surface area (Å²) in [6.07, 6.45) is 6.07. The molecule has 3 heteroatoms. The van der Waals surface area contributed by atoms with Crippen LogP contribution in [-0.4, -0.2) is 36.5 Å². The minimum absolute atomic E-state index is 0.245. The van der Waals surface area contributed by atoms with Crippen LogP contribution in [0.4, 0.5) is 0 Å². The molecule has 1 atom stereocenters. The summed E-state index contributed by atoms with van der Waals surface area (Å²) in [5.41, 5.74) is 0. The number of hydrogen-bond donors (Lipinski definition) is 1. The van der Waals surface area contributed by atoms with Crippen molar-refractivity contribution in [3.8, 4) is 0 Å². The van der Waals surface area contributed by atoms with E-state index in [2.05, 4.69) is 24.1 Å². The van der Waals surface area contributed by atoms with Gasteiger partial charge in [0.1, 0.15) is 0 Å². The molecule has 0 spiro atoms. The van der Waals surface area contributed by atoms with Crippen LogP contribution >= 0.6 is 0 Å². The van der Waals surface area contributed by atoms with E-state index in [0.717, 1.165) is 26.1 Å². The number of carbonyl (C=O) groups is 1. The molecule has 17 heavy (non-hydrogen) atoms. The molecule has 1 aliphatic carbocycles. The normalized spacial score (nSPS) is 25.7. The monoisotopic (exact) mass is 238 g/mol. The van der Waals surface area contributed by atoms with Crippen molar-refractivity contribution in [2.24, 2.45) is 11.8 Å². The average molecular weight is 238 g/mol. The van der Waals surface area contributed by atoms with Gasteiger partial charge in [-0.25, -0.2) is 0 Å². The number of carbonyl (C=O) groups excluding carboxylic acids is 1. The van der Waals surface area contributed by atoms with Crippen LogP contribution in [0.2, 0.25) is 0 Å². The van der Waals surface area contributed by atoms with Crippen LogP contribution in [0.25, 0.3) is 0 Å². The third kappa shape index (κ3) is 3.21. The van der Waals surface area contributed by atoms with Gasteiger partial charge in [-0.3, -0.25) is 4.79 Å². The summed E-state index contributed by atoms with van der Waals surface area (Å²) in [7, 11) is 0. The highest BCUT2D eigenvalue weighted by Gasteiger charge is 2.32. The molecule has 1 aliphatic heterocycles. The van der Waals surface area contributed by atoms with E-state index < -0.39 is 0 Å². The maximum atomic E-state index is 12.6. The van der Waals surface area contributed by atoms with Crippen molar-refractivity contribution in [3.05, 3.63) is 0 Å². The van der Waals surface area contributed by atoms with Gasteiger partial charge < -0.3 is 10.2 Å². The first-order valence-electron chi connectivity index (χ1n) is 7.19. The standard InChI is InChI=1S/C14H26N2O/c1-11(2)10-16(13-5-3-4-6-13)14(17)12-7-8-15-9-12/h11-13,15H,3-10H2,1-2H3. The molecule has 2 rings (SSSR count). The van der Waals surface area contributed by atoms with Crippen LogP contribution < -0.4 is 5.32 Å². The number of amides is 1. The smallest absolute Gasteiger partial charge is 0.227 e. The van der Waals surface area contributed by atoms with Crippen molar-refractivity contribution < 1.29 is 4.79 Å². The van der Waals surface area contributed by atoms with Crippen molar-refractivity contribution in [2.75, 3.05) is 19.6 Å². The Balaban J connectivity index is 1.99. The lowest BCUT2D eigenvalue weighted by atomic mass is 10.0. The van der Waals surface area contributed by atoms with E-state index >= 15 is 0 Å². The zero-order valence-corrected chi connectivity index (χ0v) is 11.2. The summed E-state index contributed by atoms with van der Waals surface area (Å²) >= 11 is 0. The minimum atomic E-state index is 0.245. The summed E-state index contributed by atoms with van der Waals surface area (Å²) in [5.74, 6) is 1.24. The van der Waals surface area contributed by atoms with Crippen LogP contribution in [0, 0.1) is 11.8 Å². The highest BCUT2D eigenvalue weighted by Crippen LogP contribution is 2.26. The third-order valence-electron chi connectivity index (χ3n) is 4.02. The quantitative estimate of drug-likeness (QED) is 0.812. The zero-order valence-electron chi connectivity index (χ0n) is 11.2. The molecule has 1 saturated carbocycles.